The summed E-state index contributed by atoms with van der Waals surface area (Å²) in [6.45, 7) is 0.602. The van der Waals surface area contributed by atoms with E-state index >= 15 is 0 Å². The molecule has 0 amide bonds. The second kappa shape index (κ2) is 3.75. The molecule has 0 saturated heterocycles. The number of rotatable bonds is 3. The fraction of sp³-hybridized carbons (Fsp3) is 0.500. The lowest BCUT2D eigenvalue weighted by molar-refractivity contribution is -0.00849. The maximum absolute atomic E-state index is 5.68. The van der Waals surface area contributed by atoms with Gasteiger partial charge in [0.15, 0.2) is 0 Å². The van der Waals surface area contributed by atoms with E-state index in [2.05, 4.69) is 4.98 Å². The highest BCUT2D eigenvalue weighted by Crippen LogP contribution is 2.23. The van der Waals surface area contributed by atoms with Crippen LogP contribution in [0.15, 0.2) is 18.3 Å². The van der Waals surface area contributed by atoms with Gasteiger partial charge in [-0.2, -0.15) is 0 Å². The van der Waals surface area contributed by atoms with Gasteiger partial charge in [0, 0.05) is 11.8 Å². The summed E-state index contributed by atoms with van der Waals surface area (Å²) in [6, 6.07) is 3.84. The second-order valence-corrected chi connectivity index (χ2v) is 3.41. The Bertz CT molecular complexity index is 284. The zero-order chi connectivity index (χ0) is 9.10. The zero-order valence-corrected chi connectivity index (χ0v) is 7.57. The Labute approximate surface area is 77.9 Å². The van der Waals surface area contributed by atoms with E-state index in [1.54, 1.807) is 6.20 Å². The molecule has 0 radical (unpaired) electrons. The van der Waals surface area contributed by atoms with Gasteiger partial charge in [-0.1, -0.05) is 6.07 Å². The van der Waals surface area contributed by atoms with E-state index < -0.39 is 0 Å². The summed E-state index contributed by atoms with van der Waals surface area (Å²) < 4.78 is 5.62. The smallest absolute Gasteiger partial charge is 0.128 e. The van der Waals surface area contributed by atoms with E-state index in [9.17, 15) is 0 Å². The first-order valence-electron chi connectivity index (χ1n) is 4.67. The molecule has 3 heteroatoms. The van der Waals surface area contributed by atoms with Gasteiger partial charge in [0.1, 0.15) is 5.82 Å². The number of nitrogens with two attached hydrogens (primary N) is 1. The van der Waals surface area contributed by atoms with Crippen molar-refractivity contribution < 1.29 is 4.74 Å². The van der Waals surface area contributed by atoms with Crippen LogP contribution in [0.3, 0.4) is 0 Å². The molecule has 70 valence electrons. The molecule has 0 bridgehead atoms. The monoisotopic (exact) mass is 178 g/mol. The topological polar surface area (TPSA) is 48.1 Å². The maximum Gasteiger partial charge on any atom is 0.128 e. The summed E-state index contributed by atoms with van der Waals surface area (Å²) in [4.78, 5) is 4.00. The molecule has 0 unspecified atom stereocenters. The van der Waals surface area contributed by atoms with Crippen molar-refractivity contribution in [2.24, 2.45) is 0 Å². The molecule has 1 aliphatic rings. The van der Waals surface area contributed by atoms with Crippen molar-refractivity contribution in [1.29, 1.82) is 0 Å². The molecule has 0 atom stereocenters. The van der Waals surface area contributed by atoms with Crippen LogP contribution >= 0.6 is 0 Å². The van der Waals surface area contributed by atoms with Crippen molar-refractivity contribution in [3.63, 3.8) is 0 Å². The lowest BCUT2D eigenvalue weighted by Gasteiger charge is -2.25. The van der Waals surface area contributed by atoms with Crippen molar-refractivity contribution in [3.8, 4) is 0 Å². The molecule has 13 heavy (non-hydrogen) atoms. The average molecular weight is 178 g/mol. The van der Waals surface area contributed by atoms with Gasteiger partial charge >= 0.3 is 0 Å². The molecule has 1 fully saturated rings. The van der Waals surface area contributed by atoms with E-state index in [0.29, 0.717) is 18.5 Å². The third-order valence-corrected chi connectivity index (χ3v) is 2.45. The Morgan fingerprint density at radius 2 is 2.38 bits per heavy atom. The Balaban J connectivity index is 1.89. The largest absolute Gasteiger partial charge is 0.383 e. The van der Waals surface area contributed by atoms with E-state index in [-0.39, 0.29) is 0 Å². The quantitative estimate of drug-likeness (QED) is 0.766. The molecule has 0 spiro atoms. The number of ether oxygens (including phenoxy) is 1. The number of hydrogen-bond donors (Lipinski definition) is 1. The highest BCUT2D eigenvalue weighted by molar-refractivity contribution is 5.37. The Hall–Kier alpha value is -1.09. The lowest BCUT2D eigenvalue weighted by atomic mass is 9.96. The maximum atomic E-state index is 5.68. The van der Waals surface area contributed by atoms with Crippen LogP contribution in [0.1, 0.15) is 24.8 Å². The molecule has 1 heterocycles. The first kappa shape index (κ1) is 8.51. The number of aromatic nitrogens is 1. The first-order valence-corrected chi connectivity index (χ1v) is 4.67. The third-order valence-electron chi connectivity index (χ3n) is 2.45. The van der Waals surface area contributed by atoms with Crippen LogP contribution < -0.4 is 5.73 Å². The minimum atomic E-state index is 0.458. The summed E-state index contributed by atoms with van der Waals surface area (Å²) in [5.41, 5.74) is 6.67. The number of hydrogen-bond acceptors (Lipinski definition) is 3. The van der Waals surface area contributed by atoms with Gasteiger partial charge in [0.25, 0.3) is 0 Å². The molecule has 2 N–H and O–H groups in total. The van der Waals surface area contributed by atoms with Crippen LogP contribution in [0.2, 0.25) is 0 Å². The van der Waals surface area contributed by atoms with Crippen molar-refractivity contribution in [2.45, 2.75) is 32.0 Å². The normalized spacial score (nSPS) is 16.9. The number of nitrogen functional groups attached to an aromatic ring is 1. The summed E-state index contributed by atoms with van der Waals surface area (Å²) in [7, 11) is 0. The van der Waals surface area contributed by atoms with E-state index in [1.165, 1.54) is 19.3 Å². The molecule has 1 aliphatic carbocycles. The van der Waals surface area contributed by atoms with E-state index in [1.807, 2.05) is 12.1 Å². The summed E-state index contributed by atoms with van der Waals surface area (Å²) in [6.07, 6.45) is 5.84. The molecule has 1 saturated carbocycles. The first-order chi connectivity index (χ1) is 6.36. The molecule has 1 aromatic rings. The summed E-state index contributed by atoms with van der Waals surface area (Å²) in [5, 5.41) is 0. The molecule has 0 aromatic carbocycles. The summed E-state index contributed by atoms with van der Waals surface area (Å²) in [5.74, 6) is 0.585. The van der Waals surface area contributed by atoms with Crippen molar-refractivity contribution in [2.75, 3.05) is 5.73 Å². The molecular formula is C10H14N2O. The fourth-order valence-electron chi connectivity index (χ4n) is 1.32. The molecule has 1 aromatic heterocycles. The van der Waals surface area contributed by atoms with Gasteiger partial charge in [-0.05, 0) is 25.3 Å². The minimum Gasteiger partial charge on any atom is -0.383 e. The van der Waals surface area contributed by atoms with Crippen molar-refractivity contribution >= 4 is 5.82 Å². The van der Waals surface area contributed by atoms with Crippen LogP contribution in [0.5, 0.6) is 0 Å². The average Bonchev–Trinajstić information content (AvgIpc) is 2.05. The predicted molar refractivity (Wildman–Crippen MR) is 51.1 cm³/mol. The molecule has 0 aliphatic heterocycles. The standard InChI is InChI=1S/C10H14N2O/c11-10-8(3-2-6-12-10)7-13-9-4-1-5-9/h2-3,6,9H,1,4-5,7H2,(H2,11,12). The van der Waals surface area contributed by atoms with Crippen LogP contribution in [0, 0.1) is 0 Å². The zero-order valence-electron chi connectivity index (χ0n) is 7.57. The number of nitrogens with zero attached hydrogens (tertiary/aromatic N) is 1. The van der Waals surface area contributed by atoms with E-state index in [4.69, 9.17) is 10.5 Å². The van der Waals surface area contributed by atoms with Crippen molar-refractivity contribution in [1.82, 2.24) is 4.98 Å². The second-order valence-electron chi connectivity index (χ2n) is 3.41. The van der Waals surface area contributed by atoms with Gasteiger partial charge in [-0.15, -0.1) is 0 Å². The van der Waals surface area contributed by atoms with Gasteiger partial charge < -0.3 is 10.5 Å². The van der Waals surface area contributed by atoms with Gasteiger partial charge in [-0.3, -0.25) is 0 Å². The predicted octanol–water partition coefficient (Wildman–Crippen LogP) is 1.73. The van der Waals surface area contributed by atoms with Crippen LogP contribution in [-0.4, -0.2) is 11.1 Å². The fourth-order valence-corrected chi connectivity index (χ4v) is 1.32. The minimum absolute atomic E-state index is 0.458. The molecule has 3 nitrogen and oxygen atoms in total. The van der Waals surface area contributed by atoms with Crippen LogP contribution in [-0.2, 0) is 11.3 Å². The van der Waals surface area contributed by atoms with Crippen molar-refractivity contribution in [3.05, 3.63) is 23.9 Å². The highest BCUT2D eigenvalue weighted by Gasteiger charge is 2.17. The lowest BCUT2D eigenvalue weighted by Crippen LogP contribution is -2.21. The summed E-state index contributed by atoms with van der Waals surface area (Å²) >= 11 is 0. The Morgan fingerprint density at radius 1 is 1.54 bits per heavy atom. The molecule has 2 rings (SSSR count). The van der Waals surface area contributed by atoms with Crippen LogP contribution in [0.4, 0.5) is 5.82 Å². The highest BCUT2D eigenvalue weighted by atomic mass is 16.5. The van der Waals surface area contributed by atoms with Gasteiger partial charge in [-0.25, -0.2) is 4.98 Å². The van der Waals surface area contributed by atoms with Gasteiger partial charge in [0.05, 0.1) is 12.7 Å². The van der Waals surface area contributed by atoms with Crippen LogP contribution in [0.25, 0.3) is 0 Å². The Kier molecular flexibility index (Phi) is 2.45. The van der Waals surface area contributed by atoms with Gasteiger partial charge in [0.2, 0.25) is 0 Å². The number of anilines is 1. The third kappa shape index (κ3) is 1.98. The Morgan fingerprint density at radius 3 is 3.00 bits per heavy atom. The molecular weight excluding hydrogens is 164 g/mol. The SMILES string of the molecule is Nc1ncccc1COC1CCC1. The van der Waals surface area contributed by atoms with E-state index in [0.717, 1.165) is 5.56 Å². The number of pyridine rings is 1.